The molecule has 31 heavy (non-hydrogen) atoms. The third kappa shape index (κ3) is 3.09. The molecule has 0 bridgehead atoms. The molecule has 0 unspecified atom stereocenters. The molecule has 2 N–H and O–H groups in total. The fourth-order valence-corrected chi connectivity index (χ4v) is 4.49. The van der Waals surface area contributed by atoms with Gasteiger partial charge in [0, 0.05) is 24.4 Å². The number of aromatic nitrogens is 1. The number of phenolic OH excluding ortho intramolecular Hbond substituents is 1. The largest absolute Gasteiger partial charge is 0.508 e. The Labute approximate surface area is 179 Å². The first-order valence-corrected chi connectivity index (χ1v) is 10.1. The standard InChI is InChI=1S/C24H21N3O4/c1-31-21-12-15(28)7-6-14(21)13-26-22-17-8-9-20(16(17)10-11-25-22)27-23(29)18-4-2-3-5-19(18)24(27)30/h2-7,10-12,20,28H,8-9,13H2,1H3,(H,25,26)/t20-/m1/s1. The Hall–Kier alpha value is -3.87. The lowest BCUT2D eigenvalue weighted by atomic mass is 10.1. The van der Waals surface area contributed by atoms with Gasteiger partial charge >= 0.3 is 0 Å². The van der Waals surface area contributed by atoms with Crippen LogP contribution in [0.3, 0.4) is 0 Å². The van der Waals surface area contributed by atoms with Crippen molar-refractivity contribution < 1.29 is 19.4 Å². The van der Waals surface area contributed by atoms with Gasteiger partial charge in [0.15, 0.2) is 0 Å². The minimum atomic E-state index is -0.297. The summed E-state index contributed by atoms with van der Waals surface area (Å²) in [5.41, 5.74) is 3.78. The van der Waals surface area contributed by atoms with Crippen LogP contribution in [-0.2, 0) is 13.0 Å². The predicted molar refractivity (Wildman–Crippen MR) is 114 cm³/mol. The summed E-state index contributed by atoms with van der Waals surface area (Å²) >= 11 is 0. The summed E-state index contributed by atoms with van der Waals surface area (Å²) in [5.74, 6) is 0.982. The van der Waals surface area contributed by atoms with E-state index in [1.165, 1.54) is 4.90 Å². The normalized spacial score (nSPS) is 16.9. The van der Waals surface area contributed by atoms with Crippen LogP contribution in [0, 0.1) is 0 Å². The molecule has 7 heteroatoms. The zero-order valence-electron chi connectivity index (χ0n) is 17.0. The molecular formula is C24H21N3O4. The number of phenols is 1. The molecule has 1 aliphatic carbocycles. The van der Waals surface area contributed by atoms with Gasteiger partial charge in [0.1, 0.15) is 17.3 Å². The number of aromatic hydroxyl groups is 1. The summed E-state index contributed by atoms with van der Waals surface area (Å²) in [7, 11) is 1.56. The smallest absolute Gasteiger partial charge is 0.262 e. The Bertz CT molecular complexity index is 1170. The third-order valence-corrected chi connectivity index (χ3v) is 5.97. The molecule has 0 saturated carbocycles. The monoisotopic (exact) mass is 415 g/mol. The molecule has 156 valence electrons. The number of fused-ring (bicyclic) bond motifs is 2. The Balaban J connectivity index is 1.41. The van der Waals surface area contributed by atoms with Crippen LogP contribution in [0.1, 0.15) is 49.9 Å². The van der Waals surface area contributed by atoms with E-state index in [0.29, 0.717) is 29.8 Å². The number of anilines is 1. The number of imide groups is 1. The maximum absolute atomic E-state index is 12.9. The van der Waals surface area contributed by atoms with Gasteiger partial charge in [0.2, 0.25) is 0 Å². The lowest BCUT2D eigenvalue weighted by Crippen LogP contribution is -2.33. The lowest BCUT2D eigenvalue weighted by molar-refractivity contribution is 0.0582. The third-order valence-electron chi connectivity index (χ3n) is 5.97. The van der Waals surface area contributed by atoms with Gasteiger partial charge in [0.05, 0.1) is 24.3 Å². The fraction of sp³-hybridized carbons (Fsp3) is 0.208. The van der Waals surface area contributed by atoms with E-state index in [1.54, 1.807) is 55.8 Å². The predicted octanol–water partition coefficient (Wildman–Crippen LogP) is 3.69. The quantitative estimate of drug-likeness (QED) is 0.618. The van der Waals surface area contributed by atoms with Crippen molar-refractivity contribution in [1.29, 1.82) is 0 Å². The minimum absolute atomic E-state index is 0.142. The van der Waals surface area contributed by atoms with E-state index >= 15 is 0 Å². The molecule has 7 nitrogen and oxygen atoms in total. The second-order valence-corrected chi connectivity index (χ2v) is 7.66. The summed E-state index contributed by atoms with van der Waals surface area (Å²) in [5, 5.41) is 13.0. The van der Waals surface area contributed by atoms with Crippen molar-refractivity contribution in [3.63, 3.8) is 0 Å². The average molecular weight is 415 g/mol. The van der Waals surface area contributed by atoms with Crippen molar-refractivity contribution in [2.75, 3.05) is 12.4 Å². The van der Waals surface area contributed by atoms with E-state index in [4.69, 9.17) is 4.74 Å². The van der Waals surface area contributed by atoms with E-state index in [1.807, 2.05) is 6.07 Å². The first-order chi connectivity index (χ1) is 15.1. The maximum Gasteiger partial charge on any atom is 0.262 e. The number of carbonyl (C=O) groups is 2. The van der Waals surface area contributed by atoms with Crippen molar-refractivity contribution >= 4 is 17.6 Å². The molecule has 1 aromatic heterocycles. The lowest BCUT2D eigenvalue weighted by Gasteiger charge is -2.23. The Morgan fingerprint density at radius 2 is 1.87 bits per heavy atom. The minimum Gasteiger partial charge on any atom is -0.508 e. The zero-order chi connectivity index (χ0) is 21.5. The molecule has 0 saturated heterocycles. The van der Waals surface area contributed by atoms with Gasteiger partial charge < -0.3 is 15.2 Å². The van der Waals surface area contributed by atoms with Gasteiger partial charge in [-0.05, 0) is 54.3 Å². The summed E-state index contributed by atoms with van der Waals surface area (Å²) in [4.78, 5) is 31.8. The number of amides is 2. The Morgan fingerprint density at radius 1 is 1.13 bits per heavy atom. The van der Waals surface area contributed by atoms with Gasteiger partial charge in [-0.2, -0.15) is 0 Å². The highest BCUT2D eigenvalue weighted by atomic mass is 16.5. The number of pyridine rings is 1. The zero-order valence-corrected chi connectivity index (χ0v) is 17.0. The highest BCUT2D eigenvalue weighted by Gasteiger charge is 2.43. The average Bonchev–Trinajstić information content (AvgIpc) is 3.32. The van der Waals surface area contributed by atoms with Crippen LogP contribution >= 0.6 is 0 Å². The van der Waals surface area contributed by atoms with Crippen molar-refractivity contribution in [3.05, 3.63) is 82.5 Å². The maximum atomic E-state index is 12.9. The second kappa shape index (κ2) is 7.43. The van der Waals surface area contributed by atoms with Gasteiger partial charge in [-0.25, -0.2) is 4.98 Å². The van der Waals surface area contributed by atoms with Crippen LogP contribution in [0.4, 0.5) is 5.82 Å². The summed E-state index contributed by atoms with van der Waals surface area (Å²) < 4.78 is 5.34. The van der Waals surface area contributed by atoms with Crippen molar-refractivity contribution in [3.8, 4) is 11.5 Å². The van der Waals surface area contributed by atoms with Crippen molar-refractivity contribution in [2.45, 2.75) is 25.4 Å². The summed E-state index contributed by atoms with van der Waals surface area (Å²) in [6.07, 6.45) is 3.09. The molecule has 1 aliphatic heterocycles. The second-order valence-electron chi connectivity index (χ2n) is 7.66. The number of nitrogens with one attached hydrogen (secondary N) is 1. The first kappa shape index (κ1) is 19.1. The first-order valence-electron chi connectivity index (χ1n) is 10.1. The van der Waals surface area contributed by atoms with Crippen LogP contribution in [0.2, 0.25) is 0 Å². The highest BCUT2D eigenvalue weighted by molar-refractivity contribution is 6.21. The van der Waals surface area contributed by atoms with Gasteiger partial charge in [-0.1, -0.05) is 12.1 Å². The number of hydrogen-bond acceptors (Lipinski definition) is 6. The van der Waals surface area contributed by atoms with Crippen LogP contribution in [0.15, 0.2) is 54.7 Å². The molecule has 0 spiro atoms. The number of ether oxygens (including phenoxy) is 1. The Morgan fingerprint density at radius 3 is 2.58 bits per heavy atom. The van der Waals surface area contributed by atoms with E-state index in [2.05, 4.69) is 10.3 Å². The molecule has 2 heterocycles. The highest BCUT2D eigenvalue weighted by Crippen LogP contribution is 2.42. The molecule has 0 fully saturated rings. The molecule has 2 aromatic carbocycles. The van der Waals surface area contributed by atoms with Crippen LogP contribution in [-0.4, -0.2) is 33.9 Å². The topological polar surface area (TPSA) is 91.8 Å². The summed E-state index contributed by atoms with van der Waals surface area (Å²) in [6.45, 7) is 0.463. The molecule has 5 rings (SSSR count). The number of methoxy groups -OCH3 is 1. The Kier molecular flexibility index (Phi) is 4.58. The van der Waals surface area contributed by atoms with E-state index < -0.39 is 0 Å². The number of rotatable bonds is 5. The van der Waals surface area contributed by atoms with Crippen LogP contribution < -0.4 is 10.1 Å². The van der Waals surface area contributed by atoms with Gasteiger partial charge in [-0.15, -0.1) is 0 Å². The molecule has 0 radical (unpaired) electrons. The number of nitrogens with zero attached hydrogens (tertiary/aromatic N) is 2. The van der Waals surface area contributed by atoms with Gasteiger partial charge in [0.25, 0.3) is 11.8 Å². The fourth-order valence-electron chi connectivity index (χ4n) is 4.49. The van der Waals surface area contributed by atoms with Gasteiger partial charge in [-0.3, -0.25) is 14.5 Å². The molecule has 2 amide bonds. The van der Waals surface area contributed by atoms with Crippen molar-refractivity contribution in [1.82, 2.24) is 9.88 Å². The molecule has 3 aromatic rings. The van der Waals surface area contributed by atoms with E-state index in [0.717, 1.165) is 28.9 Å². The van der Waals surface area contributed by atoms with Crippen LogP contribution in [0.25, 0.3) is 0 Å². The molecule has 1 atom stereocenters. The molecule has 2 aliphatic rings. The SMILES string of the molecule is COc1cc(O)ccc1CNc1nccc2c1CC[C@H]2N1C(=O)c2ccccc2C1=O. The van der Waals surface area contributed by atoms with E-state index in [9.17, 15) is 14.7 Å². The van der Waals surface area contributed by atoms with Crippen LogP contribution in [0.5, 0.6) is 11.5 Å². The number of benzene rings is 2. The van der Waals surface area contributed by atoms with Crippen molar-refractivity contribution in [2.24, 2.45) is 0 Å². The molecular weight excluding hydrogens is 394 g/mol. The number of carbonyl (C=O) groups excluding carboxylic acids is 2. The number of hydrogen-bond donors (Lipinski definition) is 2. The van der Waals surface area contributed by atoms with E-state index in [-0.39, 0.29) is 23.6 Å². The summed E-state index contributed by atoms with van der Waals surface area (Å²) in [6, 6.07) is 13.5.